The second-order valence-corrected chi connectivity index (χ2v) is 8.93. The van der Waals surface area contributed by atoms with Gasteiger partial charge in [0, 0.05) is 0 Å². The minimum atomic E-state index is -0.784. The number of anilines is 1. The minimum Gasteiger partial charge on any atom is -0.494 e. The Labute approximate surface area is 192 Å². The topological polar surface area (TPSA) is 85.5 Å². The maximum absolute atomic E-state index is 13.9. The zero-order valence-corrected chi connectivity index (χ0v) is 18.8. The number of hydrogen-bond acceptors (Lipinski definition) is 7. The molecule has 1 unspecified atom stereocenters. The number of benzene rings is 2. The fourth-order valence-corrected chi connectivity index (χ4v) is 4.64. The lowest BCUT2D eigenvalue weighted by molar-refractivity contribution is 0.0970. The van der Waals surface area contributed by atoms with Crippen LogP contribution in [0.4, 0.5) is 9.52 Å². The van der Waals surface area contributed by atoms with Crippen LogP contribution in [0.15, 0.2) is 51.7 Å². The summed E-state index contributed by atoms with van der Waals surface area (Å²) in [4.78, 5) is 28.3. The molecule has 9 heteroatoms. The zero-order chi connectivity index (χ0) is 23.1. The third-order valence-corrected chi connectivity index (χ3v) is 6.35. The van der Waals surface area contributed by atoms with Crippen molar-refractivity contribution in [2.45, 2.75) is 32.7 Å². The Morgan fingerprint density at radius 1 is 1.15 bits per heavy atom. The van der Waals surface area contributed by atoms with Gasteiger partial charge in [-0.3, -0.25) is 14.5 Å². The maximum Gasteiger partial charge on any atom is 0.297 e. The van der Waals surface area contributed by atoms with Gasteiger partial charge in [0.25, 0.3) is 5.91 Å². The smallest absolute Gasteiger partial charge is 0.297 e. The molecule has 1 aliphatic heterocycles. The number of fused-ring (bicyclic) bond motifs is 2. The predicted molar refractivity (Wildman–Crippen MR) is 123 cm³/mol. The molecule has 0 bridgehead atoms. The molecule has 4 aromatic rings. The number of aromatic nitrogens is 2. The number of nitrogens with zero attached hydrogens (tertiary/aromatic N) is 3. The van der Waals surface area contributed by atoms with E-state index in [2.05, 4.69) is 17.1 Å². The van der Waals surface area contributed by atoms with Crippen LogP contribution in [0.1, 0.15) is 52.5 Å². The monoisotopic (exact) mass is 465 g/mol. The second kappa shape index (κ2) is 8.40. The van der Waals surface area contributed by atoms with Crippen molar-refractivity contribution in [3.8, 4) is 5.75 Å². The molecule has 5 rings (SSSR count). The molecular formula is C24H20FN3O4S. The Bertz CT molecular complexity index is 1410. The molecular weight excluding hydrogens is 445 g/mol. The Morgan fingerprint density at radius 3 is 2.64 bits per heavy atom. The van der Waals surface area contributed by atoms with Gasteiger partial charge < -0.3 is 9.15 Å². The molecule has 1 amide bonds. The zero-order valence-electron chi connectivity index (χ0n) is 18.0. The molecule has 0 N–H and O–H groups in total. The van der Waals surface area contributed by atoms with Crippen molar-refractivity contribution in [1.82, 2.24) is 10.2 Å². The van der Waals surface area contributed by atoms with Gasteiger partial charge in [0.05, 0.1) is 23.6 Å². The normalized spacial score (nSPS) is 15.3. The van der Waals surface area contributed by atoms with E-state index in [-0.39, 0.29) is 22.3 Å². The van der Waals surface area contributed by atoms with Gasteiger partial charge in [0.1, 0.15) is 22.2 Å². The summed E-state index contributed by atoms with van der Waals surface area (Å²) in [5.74, 6) is -0.415. The Hall–Kier alpha value is -3.59. The molecule has 1 atom stereocenters. The second-order valence-electron chi connectivity index (χ2n) is 7.77. The van der Waals surface area contributed by atoms with Crippen LogP contribution < -0.4 is 15.1 Å². The van der Waals surface area contributed by atoms with Gasteiger partial charge in [-0.25, -0.2) is 4.39 Å². The van der Waals surface area contributed by atoms with E-state index in [1.165, 1.54) is 28.4 Å². The van der Waals surface area contributed by atoms with Crippen molar-refractivity contribution < 1.29 is 18.3 Å². The molecule has 0 saturated heterocycles. The fraction of sp³-hybridized carbons (Fsp3) is 0.250. The van der Waals surface area contributed by atoms with E-state index in [1.807, 2.05) is 12.1 Å². The van der Waals surface area contributed by atoms with Gasteiger partial charge in [-0.1, -0.05) is 36.8 Å². The van der Waals surface area contributed by atoms with Gasteiger partial charge in [-0.15, -0.1) is 10.2 Å². The van der Waals surface area contributed by atoms with Crippen molar-refractivity contribution in [3.63, 3.8) is 0 Å². The third kappa shape index (κ3) is 3.68. The number of carbonyl (C=O) groups excluding carboxylic acids is 1. The number of amides is 1. The van der Waals surface area contributed by atoms with E-state index < -0.39 is 23.2 Å². The number of unbranched alkanes of at least 4 members (excludes halogenated alkanes) is 1. The quantitative estimate of drug-likeness (QED) is 0.372. The largest absolute Gasteiger partial charge is 0.494 e. The van der Waals surface area contributed by atoms with Gasteiger partial charge in [-0.05, 0) is 49.2 Å². The number of ether oxygens (including phenoxy) is 1. The van der Waals surface area contributed by atoms with Crippen molar-refractivity contribution in [1.29, 1.82) is 0 Å². The standard InChI is InChI=1S/C24H20FN3O4S/c1-3-4-11-31-16-8-5-14(6-9-16)20-19-21(29)17-12-15(25)7-10-18(17)32-22(19)23(30)28(20)24-27-26-13(2)33-24/h5-10,12,20H,3-4,11H2,1-2H3. The minimum absolute atomic E-state index is 0.0692. The summed E-state index contributed by atoms with van der Waals surface area (Å²) in [5, 5.41) is 9.28. The molecule has 2 aromatic heterocycles. The number of hydrogen-bond donors (Lipinski definition) is 0. The highest BCUT2D eigenvalue weighted by Gasteiger charge is 2.45. The predicted octanol–water partition coefficient (Wildman–Crippen LogP) is 5.02. The summed E-state index contributed by atoms with van der Waals surface area (Å²) in [7, 11) is 0. The fourth-order valence-electron chi connectivity index (χ4n) is 3.92. The number of aryl methyl sites for hydroxylation is 1. The highest BCUT2D eigenvalue weighted by atomic mass is 32.1. The molecule has 0 spiro atoms. The molecule has 3 heterocycles. The molecule has 7 nitrogen and oxygen atoms in total. The highest BCUT2D eigenvalue weighted by Crippen LogP contribution is 2.42. The molecule has 0 saturated carbocycles. The van der Waals surface area contributed by atoms with Crippen LogP contribution in [0.5, 0.6) is 5.75 Å². The van der Waals surface area contributed by atoms with E-state index in [0.717, 1.165) is 18.9 Å². The first-order valence-electron chi connectivity index (χ1n) is 10.6. The molecule has 0 fully saturated rings. The van der Waals surface area contributed by atoms with Gasteiger partial charge in [0.2, 0.25) is 10.9 Å². The van der Waals surface area contributed by atoms with Crippen molar-refractivity contribution in [2.24, 2.45) is 0 Å². The third-order valence-electron chi connectivity index (χ3n) is 5.52. The summed E-state index contributed by atoms with van der Waals surface area (Å²) in [5.41, 5.74) is 0.546. The number of rotatable bonds is 6. The average molecular weight is 466 g/mol. The van der Waals surface area contributed by atoms with Gasteiger partial charge in [-0.2, -0.15) is 0 Å². The van der Waals surface area contributed by atoms with Crippen LogP contribution >= 0.6 is 11.3 Å². The summed E-state index contributed by atoms with van der Waals surface area (Å²) in [6.07, 6.45) is 1.97. The van der Waals surface area contributed by atoms with Crippen LogP contribution in [0.3, 0.4) is 0 Å². The molecule has 0 aliphatic carbocycles. The summed E-state index contributed by atoms with van der Waals surface area (Å²) in [6.45, 7) is 4.48. The first kappa shape index (κ1) is 21.3. The lowest BCUT2D eigenvalue weighted by Gasteiger charge is -2.22. The van der Waals surface area contributed by atoms with Gasteiger partial charge >= 0.3 is 0 Å². The first-order valence-corrected chi connectivity index (χ1v) is 11.4. The lowest BCUT2D eigenvalue weighted by Crippen LogP contribution is -2.29. The summed E-state index contributed by atoms with van der Waals surface area (Å²) in [6, 6.07) is 10.1. The van der Waals surface area contributed by atoms with Crippen LogP contribution in [0.25, 0.3) is 11.0 Å². The van der Waals surface area contributed by atoms with Crippen LogP contribution in [-0.4, -0.2) is 22.7 Å². The Kier molecular flexibility index (Phi) is 5.41. The van der Waals surface area contributed by atoms with E-state index >= 15 is 0 Å². The molecule has 0 radical (unpaired) electrons. The maximum atomic E-state index is 13.9. The summed E-state index contributed by atoms with van der Waals surface area (Å²) >= 11 is 1.24. The average Bonchev–Trinajstić information content (AvgIpc) is 3.36. The molecule has 2 aromatic carbocycles. The van der Waals surface area contributed by atoms with Gasteiger partial charge in [0.15, 0.2) is 5.43 Å². The van der Waals surface area contributed by atoms with Crippen molar-refractivity contribution in [3.05, 3.63) is 80.4 Å². The van der Waals surface area contributed by atoms with E-state index in [1.54, 1.807) is 19.1 Å². The lowest BCUT2D eigenvalue weighted by atomic mass is 9.98. The van der Waals surface area contributed by atoms with Crippen LogP contribution in [-0.2, 0) is 0 Å². The molecule has 1 aliphatic rings. The van der Waals surface area contributed by atoms with Crippen LogP contribution in [0.2, 0.25) is 0 Å². The molecule has 168 valence electrons. The van der Waals surface area contributed by atoms with Crippen molar-refractivity contribution in [2.75, 3.05) is 11.5 Å². The Morgan fingerprint density at radius 2 is 1.94 bits per heavy atom. The SMILES string of the molecule is CCCCOc1ccc(C2c3c(oc4ccc(F)cc4c3=O)C(=O)N2c2nnc(C)s2)cc1. The van der Waals surface area contributed by atoms with Crippen LogP contribution in [0, 0.1) is 12.7 Å². The number of halogens is 1. The first-order chi connectivity index (χ1) is 16.0. The molecule has 33 heavy (non-hydrogen) atoms. The van der Waals surface area contributed by atoms with Crippen molar-refractivity contribution >= 4 is 33.3 Å². The van der Waals surface area contributed by atoms with E-state index in [9.17, 15) is 14.0 Å². The Balaban J connectivity index is 1.67. The van der Waals surface area contributed by atoms with E-state index in [0.29, 0.717) is 28.1 Å². The number of carbonyl (C=O) groups is 1. The van der Waals surface area contributed by atoms with E-state index in [4.69, 9.17) is 9.15 Å². The summed E-state index contributed by atoms with van der Waals surface area (Å²) < 4.78 is 25.5. The highest BCUT2D eigenvalue weighted by molar-refractivity contribution is 7.15.